The van der Waals surface area contributed by atoms with Gasteiger partial charge in [0.05, 0.1) is 24.8 Å². The van der Waals surface area contributed by atoms with Gasteiger partial charge in [0, 0.05) is 5.56 Å². The zero-order valence-corrected chi connectivity index (χ0v) is 16.2. The molecule has 0 unspecified atom stereocenters. The molecule has 6 nitrogen and oxygen atoms in total. The van der Waals surface area contributed by atoms with E-state index in [2.05, 4.69) is 10.2 Å². The molecule has 0 fully saturated rings. The van der Waals surface area contributed by atoms with E-state index in [4.69, 9.17) is 9.15 Å². The summed E-state index contributed by atoms with van der Waals surface area (Å²) in [7, 11) is 1.60. The van der Waals surface area contributed by atoms with Crippen molar-refractivity contribution in [2.45, 2.75) is 5.16 Å². The number of ether oxygens (including phenoxy) is 1. The second-order valence-corrected chi connectivity index (χ2v) is 6.98. The van der Waals surface area contributed by atoms with Crippen LogP contribution < -0.4 is 4.74 Å². The minimum Gasteiger partial charge on any atom is -0.497 e. The van der Waals surface area contributed by atoms with Gasteiger partial charge in [0.15, 0.2) is 16.7 Å². The monoisotopic (exact) mass is 409 g/mol. The molecule has 146 valence electrons. The number of rotatable bonds is 7. The van der Waals surface area contributed by atoms with Gasteiger partial charge in [0.2, 0.25) is 5.82 Å². The van der Waals surface area contributed by atoms with Crippen LogP contribution in [0.4, 0.5) is 4.39 Å². The Morgan fingerprint density at radius 3 is 2.52 bits per heavy atom. The minimum atomic E-state index is -0.378. The molecule has 2 aromatic heterocycles. The molecular formula is C21H16FN3O3S. The number of Topliss-reactive ketones (excluding diaryl/α,β-unsaturated/α-hetero) is 1. The molecule has 0 radical (unpaired) electrons. The fourth-order valence-corrected chi connectivity index (χ4v) is 3.59. The number of thioether (sulfide) groups is 1. The van der Waals surface area contributed by atoms with Crippen molar-refractivity contribution in [2.24, 2.45) is 0 Å². The van der Waals surface area contributed by atoms with E-state index in [1.165, 1.54) is 36.0 Å². The molecule has 0 saturated heterocycles. The van der Waals surface area contributed by atoms with Crippen molar-refractivity contribution in [3.63, 3.8) is 0 Å². The second-order valence-electron chi connectivity index (χ2n) is 6.04. The first-order valence-electron chi connectivity index (χ1n) is 8.71. The molecule has 0 atom stereocenters. The molecule has 0 saturated carbocycles. The molecule has 8 heteroatoms. The van der Waals surface area contributed by atoms with E-state index in [1.807, 2.05) is 28.8 Å². The van der Waals surface area contributed by atoms with E-state index in [-0.39, 0.29) is 17.4 Å². The van der Waals surface area contributed by atoms with Gasteiger partial charge in [-0.2, -0.15) is 0 Å². The molecule has 2 heterocycles. The highest BCUT2D eigenvalue weighted by molar-refractivity contribution is 7.99. The van der Waals surface area contributed by atoms with E-state index in [9.17, 15) is 9.18 Å². The Labute approximate surface area is 170 Å². The summed E-state index contributed by atoms with van der Waals surface area (Å²) in [5, 5.41) is 9.03. The number of benzene rings is 2. The number of nitrogens with zero attached hydrogens (tertiary/aromatic N) is 3. The smallest absolute Gasteiger partial charge is 0.205 e. The molecule has 29 heavy (non-hydrogen) atoms. The van der Waals surface area contributed by atoms with Crippen LogP contribution in [0.5, 0.6) is 5.75 Å². The van der Waals surface area contributed by atoms with E-state index >= 15 is 0 Å². The summed E-state index contributed by atoms with van der Waals surface area (Å²) in [4.78, 5) is 12.5. The molecule has 0 bridgehead atoms. The lowest BCUT2D eigenvalue weighted by Gasteiger charge is -2.10. The Hall–Kier alpha value is -3.39. The van der Waals surface area contributed by atoms with Gasteiger partial charge in [0.25, 0.3) is 0 Å². The SMILES string of the molecule is COc1ccc(-n2c(SCC(=O)c3ccc(F)cc3)nnc2-c2ccco2)cc1. The van der Waals surface area contributed by atoms with E-state index in [0.29, 0.717) is 22.3 Å². The summed E-state index contributed by atoms with van der Waals surface area (Å²) in [5.41, 5.74) is 1.25. The van der Waals surface area contributed by atoms with Crippen LogP contribution in [-0.2, 0) is 0 Å². The fraction of sp³-hybridized carbons (Fsp3) is 0.0952. The van der Waals surface area contributed by atoms with E-state index < -0.39 is 0 Å². The lowest BCUT2D eigenvalue weighted by Crippen LogP contribution is -2.05. The van der Waals surface area contributed by atoms with Gasteiger partial charge in [-0.1, -0.05) is 11.8 Å². The van der Waals surface area contributed by atoms with Crippen LogP contribution in [-0.4, -0.2) is 33.4 Å². The number of hydrogen-bond donors (Lipinski definition) is 0. The Morgan fingerprint density at radius 2 is 1.86 bits per heavy atom. The van der Waals surface area contributed by atoms with Crippen molar-refractivity contribution in [3.05, 3.63) is 78.3 Å². The highest BCUT2D eigenvalue weighted by atomic mass is 32.2. The highest BCUT2D eigenvalue weighted by Crippen LogP contribution is 2.29. The number of methoxy groups -OCH3 is 1. The summed E-state index contributed by atoms with van der Waals surface area (Å²) >= 11 is 1.25. The van der Waals surface area contributed by atoms with Crippen LogP contribution in [0.2, 0.25) is 0 Å². The van der Waals surface area contributed by atoms with Crippen LogP contribution in [0.15, 0.2) is 76.5 Å². The van der Waals surface area contributed by atoms with Crippen LogP contribution in [0, 0.1) is 5.82 Å². The van der Waals surface area contributed by atoms with Crippen LogP contribution in [0.25, 0.3) is 17.3 Å². The van der Waals surface area contributed by atoms with Gasteiger partial charge < -0.3 is 9.15 Å². The third-order valence-corrected chi connectivity index (χ3v) is 5.13. The average Bonchev–Trinajstić information content (AvgIpc) is 3.42. The summed E-state index contributed by atoms with van der Waals surface area (Å²) in [5.74, 6) is 1.44. The fourth-order valence-electron chi connectivity index (χ4n) is 2.74. The van der Waals surface area contributed by atoms with E-state index in [0.717, 1.165) is 11.4 Å². The van der Waals surface area contributed by atoms with Gasteiger partial charge in [-0.05, 0) is 60.7 Å². The van der Waals surface area contributed by atoms with E-state index in [1.54, 1.807) is 25.5 Å². The number of carbonyl (C=O) groups is 1. The maximum absolute atomic E-state index is 13.1. The van der Waals surface area contributed by atoms with Crippen molar-refractivity contribution in [1.29, 1.82) is 0 Å². The van der Waals surface area contributed by atoms with Gasteiger partial charge >= 0.3 is 0 Å². The van der Waals surface area contributed by atoms with Gasteiger partial charge in [-0.15, -0.1) is 10.2 Å². The standard InChI is InChI=1S/C21H16FN3O3S/c1-27-17-10-8-16(9-11-17)25-20(19-3-2-12-28-19)23-24-21(25)29-13-18(26)14-4-6-15(22)7-5-14/h2-12H,13H2,1H3. The first-order valence-corrected chi connectivity index (χ1v) is 9.69. The third-order valence-electron chi connectivity index (χ3n) is 4.20. The van der Waals surface area contributed by atoms with Crippen molar-refractivity contribution in [3.8, 4) is 23.0 Å². The molecule has 2 aromatic carbocycles. The number of furan rings is 1. The number of ketones is 1. The molecule has 0 N–H and O–H groups in total. The quantitative estimate of drug-likeness (QED) is 0.327. The van der Waals surface area contributed by atoms with Crippen molar-refractivity contribution < 1.29 is 18.3 Å². The minimum absolute atomic E-state index is 0.126. The van der Waals surface area contributed by atoms with Crippen molar-refractivity contribution in [2.75, 3.05) is 12.9 Å². The average molecular weight is 409 g/mol. The first-order chi connectivity index (χ1) is 14.2. The Kier molecular flexibility index (Phi) is 5.44. The number of carbonyl (C=O) groups excluding carboxylic acids is 1. The predicted molar refractivity (Wildman–Crippen MR) is 107 cm³/mol. The molecule has 0 aliphatic rings. The zero-order chi connectivity index (χ0) is 20.2. The van der Waals surface area contributed by atoms with Crippen LogP contribution >= 0.6 is 11.8 Å². The predicted octanol–water partition coefficient (Wildman–Crippen LogP) is 4.65. The van der Waals surface area contributed by atoms with Gasteiger partial charge in [-0.3, -0.25) is 9.36 Å². The Morgan fingerprint density at radius 1 is 1.10 bits per heavy atom. The van der Waals surface area contributed by atoms with Gasteiger partial charge in [0.1, 0.15) is 11.6 Å². The third kappa shape index (κ3) is 4.07. The molecule has 4 rings (SSSR count). The van der Waals surface area contributed by atoms with Gasteiger partial charge in [-0.25, -0.2) is 4.39 Å². The Bertz CT molecular complexity index is 1110. The maximum atomic E-state index is 13.1. The Balaban J connectivity index is 1.64. The lowest BCUT2D eigenvalue weighted by atomic mass is 10.1. The lowest BCUT2D eigenvalue weighted by molar-refractivity contribution is 0.102. The second kappa shape index (κ2) is 8.32. The largest absolute Gasteiger partial charge is 0.497 e. The van der Waals surface area contributed by atoms with Crippen LogP contribution in [0.1, 0.15) is 10.4 Å². The number of aromatic nitrogens is 3. The molecule has 4 aromatic rings. The van der Waals surface area contributed by atoms with Crippen molar-refractivity contribution >= 4 is 17.5 Å². The zero-order valence-electron chi connectivity index (χ0n) is 15.4. The number of hydrogen-bond acceptors (Lipinski definition) is 6. The van der Waals surface area contributed by atoms with Crippen molar-refractivity contribution in [1.82, 2.24) is 14.8 Å². The molecule has 0 aliphatic heterocycles. The summed E-state index contributed by atoms with van der Waals surface area (Å²) in [6, 6.07) is 16.5. The normalized spacial score (nSPS) is 10.8. The summed E-state index contributed by atoms with van der Waals surface area (Å²) < 4.78 is 25.6. The highest BCUT2D eigenvalue weighted by Gasteiger charge is 2.19. The molecule has 0 spiro atoms. The first kappa shape index (κ1) is 18.9. The number of halogens is 1. The maximum Gasteiger partial charge on any atom is 0.205 e. The summed E-state index contributed by atoms with van der Waals surface area (Å²) in [6.07, 6.45) is 1.56. The topological polar surface area (TPSA) is 70.2 Å². The molecule has 0 aliphatic carbocycles. The molecular weight excluding hydrogens is 393 g/mol. The van der Waals surface area contributed by atoms with Crippen LogP contribution in [0.3, 0.4) is 0 Å². The summed E-state index contributed by atoms with van der Waals surface area (Å²) in [6.45, 7) is 0. The molecule has 0 amide bonds.